The third-order valence-corrected chi connectivity index (χ3v) is 5.76. The predicted molar refractivity (Wildman–Crippen MR) is 109 cm³/mol. The Labute approximate surface area is 168 Å². The van der Waals surface area contributed by atoms with E-state index < -0.39 is 6.04 Å². The Balaban J connectivity index is 0.00000243. The molecule has 0 bridgehead atoms. The second-order valence-corrected chi connectivity index (χ2v) is 7.82. The zero-order valence-electron chi connectivity index (χ0n) is 14.5. The normalized spacial score (nSPS) is 16.0. The number of carbonyl (C=O) groups is 1. The van der Waals surface area contributed by atoms with Gasteiger partial charge in [-0.15, -0.1) is 23.7 Å². The van der Waals surface area contributed by atoms with Crippen molar-refractivity contribution in [1.82, 2.24) is 4.98 Å². The van der Waals surface area contributed by atoms with Gasteiger partial charge in [-0.1, -0.05) is 23.7 Å². The van der Waals surface area contributed by atoms with Crippen LogP contribution in [-0.4, -0.2) is 30.1 Å². The van der Waals surface area contributed by atoms with Gasteiger partial charge in [-0.3, -0.25) is 4.79 Å². The van der Waals surface area contributed by atoms with Gasteiger partial charge in [0.2, 0.25) is 5.91 Å². The number of carbonyl (C=O) groups excluding carboxylic acids is 1. The number of nitrogens with two attached hydrogens (primary N) is 1. The number of thiazole rings is 1. The number of anilines is 1. The molecule has 3 rings (SSSR count). The van der Waals surface area contributed by atoms with Crippen LogP contribution in [0.3, 0.4) is 0 Å². The van der Waals surface area contributed by atoms with E-state index in [2.05, 4.69) is 10.3 Å². The van der Waals surface area contributed by atoms with Crippen LogP contribution in [0.4, 0.5) is 5.13 Å². The SMILES string of the molecule is Cc1nc(NC(=O)C(N)C2CCOCC2)sc1Cc1cccc(Cl)c1.Cl. The molecule has 1 aliphatic heterocycles. The van der Waals surface area contributed by atoms with Crippen LogP contribution < -0.4 is 11.1 Å². The molecule has 0 aliphatic carbocycles. The van der Waals surface area contributed by atoms with Gasteiger partial charge >= 0.3 is 0 Å². The fraction of sp³-hybridized carbons (Fsp3) is 0.444. The lowest BCUT2D eigenvalue weighted by Gasteiger charge is -2.26. The number of nitrogens with zero attached hydrogens (tertiary/aromatic N) is 1. The molecule has 0 radical (unpaired) electrons. The molecule has 142 valence electrons. The topological polar surface area (TPSA) is 77.2 Å². The summed E-state index contributed by atoms with van der Waals surface area (Å²) in [4.78, 5) is 18.0. The molecule has 0 saturated carbocycles. The van der Waals surface area contributed by atoms with Crippen LogP contribution in [0.2, 0.25) is 5.02 Å². The van der Waals surface area contributed by atoms with Crippen LogP contribution in [0.15, 0.2) is 24.3 Å². The number of rotatable bonds is 5. The molecule has 1 fully saturated rings. The van der Waals surface area contributed by atoms with Crippen LogP contribution in [0.5, 0.6) is 0 Å². The molecule has 26 heavy (non-hydrogen) atoms. The molecular formula is C18H23Cl2N3O2S. The van der Waals surface area contributed by atoms with Gasteiger partial charge in [0.15, 0.2) is 5.13 Å². The van der Waals surface area contributed by atoms with Crippen LogP contribution in [0.25, 0.3) is 0 Å². The van der Waals surface area contributed by atoms with Crippen molar-refractivity contribution >= 4 is 46.4 Å². The van der Waals surface area contributed by atoms with Gasteiger partial charge in [0, 0.05) is 29.5 Å². The predicted octanol–water partition coefficient (Wildman–Crippen LogP) is 3.81. The first-order valence-corrected chi connectivity index (χ1v) is 9.57. The molecule has 3 N–H and O–H groups in total. The molecule has 8 heteroatoms. The molecular weight excluding hydrogens is 393 g/mol. The smallest absolute Gasteiger partial charge is 0.243 e. The summed E-state index contributed by atoms with van der Waals surface area (Å²) in [5.74, 6) is -0.00399. The Morgan fingerprint density at radius 1 is 1.46 bits per heavy atom. The maximum Gasteiger partial charge on any atom is 0.243 e. The van der Waals surface area contributed by atoms with E-state index in [-0.39, 0.29) is 24.2 Å². The van der Waals surface area contributed by atoms with Gasteiger partial charge in [0.05, 0.1) is 11.7 Å². The number of aromatic nitrogens is 1. The van der Waals surface area contributed by atoms with Crippen molar-refractivity contribution in [3.05, 3.63) is 45.4 Å². The van der Waals surface area contributed by atoms with Crippen molar-refractivity contribution in [2.45, 2.75) is 32.2 Å². The molecule has 1 amide bonds. The lowest BCUT2D eigenvalue weighted by molar-refractivity contribution is -0.119. The van der Waals surface area contributed by atoms with Gasteiger partial charge in [0.1, 0.15) is 0 Å². The number of aryl methyl sites for hydroxylation is 1. The molecule has 1 aromatic carbocycles. The van der Waals surface area contributed by atoms with Gasteiger partial charge in [-0.25, -0.2) is 4.98 Å². The van der Waals surface area contributed by atoms with Crippen LogP contribution in [-0.2, 0) is 16.0 Å². The number of benzene rings is 1. The first-order valence-electron chi connectivity index (χ1n) is 8.38. The van der Waals surface area contributed by atoms with Gasteiger partial charge in [0.25, 0.3) is 0 Å². The van der Waals surface area contributed by atoms with Crippen LogP contribution in [0, 0.1) is 12.8 Å². The number of halogens is 2. The third kappa shape index (κ3) is 5.41. The molecule has 1 atom stereocenters. The Morgan fingerprint density at radius 2 is 2.19 bits per heavy atom. The van der Waals surface area contributed by atoms with Crippen LogP contribution >= 0.6 is 35.3 Å². The second kappa shape index (κ2) is 9.67. The molecule has 1 aliphatic rings. The number of hydrogen-bond donors (Lipinski definition) is 2. The zero-order chi connectivity index (χ0) is 17.8. The molecule has 0 spiro atoms. The molecule has 2 aromatic rings. The van der Waals surface area contributed by atoms with Crippen molar-refractivity contribution < 1.29 is 9.53 Å². The molecule has 1 unspecified atom stereocenters. The summed E-state index contributed by atoms with van der Waals surface area (Å²) in [6.07, 6.45) is 2.39. The highest BCUT2D eigenvalue weighted by Gasteiger charge is 2.27. The third-order valence-electron chi connectivity index (χ3n) is 4.45. The van der Waals surface area contributed by atoms with Gasteiger partial charge in [-0.05, 0) is 43.4 Å². The minimum atomic E-state index is -0.524. The van der Waals surface area contributed by atoms with E-state index in [1.807, 2.05) is 31.2 Å². The minimum Gasteiger partial charge on any atom is -0.381 e. The summed E-state index contributed by atoms with van der Waals surface area (Å²) in [5, 5.41) is 4.19. The Kier molecular flexibility index (Phi) is 7.85. The average molecular weight is 416 g/mol. The van der Waals surface area contributed by atoms with E-state index in [0.717, 1.165) is 40.4 Å². The number of ether oxygens (including phenoxy) is 1. The fourth-order valence-corrected chi connectivity index (χ4v) is 4.17. The van der Waals surface area contributed by atoms with Crippen molar-refractivity contribution in [2.75, 3.05) is 18.5 Å². The Hall–Kier alpha value is -1.18. The lowest BCUT2D eigenvalue weighted by Crippen LogP contribution is -2.43. The van der Waals surface area contributed by atoms with Crippen molar-refractivity contribution in [3.63, 3.8) is 0 Å². The summed E-state index contributed by atoms with van der Waals surface area (Å²) >= 11 is 7.53. The molecule has 1 aromatic heterocycles. The van der Waals surface area contributed by atoms with Gasteiger partial charge < -0.3 is 15.8 Å². The summed E-state index contributed by atoms with van der Waals surface area (Å²) in [6, 6.07) is 7.24. The summed E-state index contributed by atoms with van der Waals surface area (Å²) in [7, 11) is 0. The quantitative estimate of drug-likeness (QED) is 0.777. The summed E-state index contributed by atoms with van der Waals surface area (Å²) in [6.45, 7) is 3.29. The summed E-state index contributed by atoms with van der Waals surface area (Å²) < 4.78 is 5.32. The Morgan fingerprint density at radius 3 is 2.88 bits per heavy atom. The van der Waals surface area contributed by atoms with Crippen molar-refractivity contribution in [3.8, 4) is 0 Å². The molecule has 1 saturated heterocycles. The standard InChI is InChI=1S/C18H22ClN3O2S.ClH/c1-11-15(10-12-3-2-4-14(19)9-12)25-18(21-11)22-17(23)16(20)13-5-7-24-8-6-13;/h2-4,9,13,16H,5-8,10,20H2,1H3,(H,21,22,23);1H. The van der Waals surface area contributed by atoms with E-state index in [4.69, 9.17) is 22.1 Å². The fourth-order valence-electron chi connectivity index (χ4n) is 2.96. The second-order valence-electron chi connectivity index (χ2n) is 6.30. The number of nitrogens with one attached hydrogen (secondary N) is 1. The highest BCUT2D eigenvalue weighted by Crippen LogP contribution is 2.27. The van der Waals surface area contributed by atoms with Gasteiger partial charge in [-0.2, -0.15) is 0 Å². The van der Waals surface area contributed by atoms with Crippen molar-refractivity contribution in [2.24, 2.45) is 11.7 Å². The maximum atomic E-state index is 12.4. The highest BCUT2D eigenvalue weighted by atomic mass is 35.5. The van der Waals surface area contributed by atoms with E-state index >= 15 is 0 Å². The van der Waals surface area contributed by atoms with E-state index in [9.17, 15) is 4.79 Å². The monoisotopic (exact) mass is 415 g/mol. The van der Waals surface area contributed by atoms with E-state index in [1.165, 1.54) is 11.3 Å². The van der Waals surface area contributed by atoms with E-state index in [0.29, 0.717) is 18.3 Å². The molecule has 2 heterocycles. The van der Waals surface area contributed by atoms with Crippen LogP contribution in [0.1, 0.15) is 29.0 Å². The maximum absolute atomic E-state index is 12.4. The summed E-state index contributed by atoms with van der Waals surface area (Å²) in [5.41, 5.74) is 8.16. The highest BCUT2D eigenvalue weighted by molar-refractivity contribution is 7.15. The molecule has 5 nitrogen and oxygen atoms in total. The minimum absolute atomic E-state index is 0. The Bertz CT molecular complexity index is 748. The lowest BCUT2D eigenvalue weighted by atomic mass is 9.92. The first kappa shape index (κ1) is 21.1. The number of amides is 1. The zero-order valence-corrected chi connectivity index (χ0v) is 16.9. The van der Waals surface area contributed by atoms with E-state index in [1.54, 1.807) is 0 Å². The average Bonchev–Trinajstić information content (AvgIpc) is 2.94. The van der Waals surface area contributed by atoms with Crippen molar-refractivity contribution in [1.29, 1.82) is 0 Å². The number of hydrogen-bond acceptors (Lipinski definition) is 5. The first-order chi connectivity index (χ1) is 12.0. The largest absolute Gasteiger partial charge is 0.381 e.